The molecule has 0 atom stereocenters. The molecule has 4 heteroatoms. The first-order valence-electron chi connectivity index (χ1n) is 5.14. The van der Waals surface area contributed by atoms with Gasteiger partial charge in [-0.2, -0.15) is 5.56 Å². The molecule has 86 valence electrons. The van der Waals surface area contributed by atoms with Gasteiger partial charge in [-0.3, -0.25) is 0 Å². The van der Waals surface area contributed by atoms with Crippen molar-refractivity contribution in [3.8, 4) is 0 Å². The van der Waals surface area contributed by atoms with Gasteiger partial charge in [0.1, 0.15) is 9.84 Å². The van der Waals surface area contributed by atoms with Crippen molar-refractivity contribution in [1.29, 1.82) is 0 Å². The van der Waals surface area contributed by atoms with Crippen LogP contribution in [0.1, 0.15) is 5.56 Å². The first-order valence-corrected chi connectivity index (χ1v) is 6.62. The second kappa shape index (κ2) is 6.60. The molecule has 18 heavy (non-hydrogen) atoms. The number of rotatable bonds is 3. The average Bonchev–Trinajstić information content (AvgIpc) is 2.39. The molecule has 0 saturated heterocycles. The van der Waals surface area contributed by atoms with Crippen LogP contribution in [-0.4, -0.2) is 8.42 Å². The van der Waals surface area contributed by atoms with Crippen molar-refractivity contribution in [3.63, 3.8) is 0 Å². The molecule has 0 aliphatic heterocycles. The van der Waals surface area contributed by atoms with Crippen molar-refractivity contribution in [2.75, 3.05) is 0 Å². The minimum atomic E-state index is -3.46. The molecule has 0 bridgehead atoms. The minimum absolute atomic E-state index is 0. The van der Waals surface area contributed by atoms with E-state index in [0.29, 0.717) is 0 Å². The molecule has 0 aliphatic carbocycles. The maximum Gasteiger partial charge on any atom is 1.00 e. The summed E-state index contributed by atoms with van der Waals surface area (Å²) in [6.45, 7) is 0. The Balaban J connectivity index is 0.00000162. The van der Waals surface area contributed by atoms with E-state index in [4.69, 9.17) is 0 Å². The smallest absolute Gasteiger partial charge is 0.239 e. The number of hydrogen-bond donors (Lipinski definition) is 0. The van der Waals surface area contributed by atoms with Crippen molar-refractivity contribution < 1.29 is 27.3 Å². The van der Waals surface area contributed by atoms with E-state index in [1.807, 2.05) is 30.3 Å². The zero-order valence-electron chi connectivity index (χ0n) is 10.1. The quantitative estimate of drug-likeness (QED) is 0.565. The van der Waals surface area contributed by atoms with Crippen molar-refractivity contribution >= 4 is 15.9 Å². The molecule has 0 amide bonds. The van der Waals surface area contributed by atoms with Crippen LogP contribution in [0.3, 0.4) is 0 Å². The van der Waals surface area contributed by atoms with Crippen molar-refractivity contribution in [3.05, 3.63) is 71.6 Å². The molecule has 0 unspecified atom stereocenters. The van der Waals surface area contributed by atoms with E-state index in [2.05, 4.69) is 5.41 Å². The van der Waals surface area contributed by atoms with E-state index in [1.54, 1.807) is 30.3 Å². The summed E-state index contributed by atoms with van der Waals surface area (Å²) in [6, 6.07) is 17.5. The van der Waals surface area contributed by atoms with Crippen molar-refractivity contribution in [2.45, 2.75) is 4.90 Å². The zero-order valence-corrected chi connectivity index (χ0v) is 10.9. The van der Waals surface area contributed by atoms with Crippen LogP contribution < -0.4 is 18.9 Å². The minimum Gasteiger partial charge on any atom is -0.239 e. The molecule has 0 radical (unpaired) electrons. The summed E-state index contributed by atoms with van der Waals surface area (Å²) in [7, 11) is -3.46. The third kappa shape index (κ3) is 3.88. The maximum absolute atomic E-state index is 11.9. The third-order valence-electron chi connectivity index (χ3n) is 2.23. The third-order valence-corrected chi connectivity index (χ3v) is 3.55. The molecule has 2 aromatic rings. The van der Waals surface area contributed by atoms with Gasteiger partial charge in [-0.1, -0.05) is 36.4 Å². The normalized spacial score (nSPS) is 11.1. The molecule has 0 fully saturated rings. The summed E-state index contributed by atoms with van der Waals surface area (Å²) >= 11 is 0. The Hall–Kier alpha value is -1.27. The molecule has 2 aromatic carbocycles. The zero-order chi connectivity index (χ0) is 12.1. The standard InChI is InChI=1S/C14H11O2S.Li/c15-17(16,14-9-5-2-6-10-14)12-11-13-7-3-1-4-8-13;/h1-11H;/q-1;+1. The van der Waals surface area contributed by atoms with Crippen LogP contribution in [-0.2, 0) is 9.84 Å². The average molecular weight is 250 g/mol. The van der Waals surface area contributed by atoms with Gasteiger partial charge in [0.15, 0.2) is 0 Å². The molecule has 0 aromatic heterocycles. The largest absolute Gasteiger partial charge is 1.00 e. The number of hydrogen-bond acceptors (Lipinski definition) is 2. The Kier molecular flexibility index (Phi) is 5.43. The Morgan fingerprint density at radius 2 is 1.33 bits per heavy atom. The maximum atomic E-state index is 11.9. The fraction of sp³-hybridized carbons (Fsp3) is 0. The second-order valence-electron chi connectivity index (χ2n) is 3.49. The van der Waals surface area contributed by atoms with E-state index in [1.165, 1.54) is 6.08 Å². The first kappa shape index (κ1) is 14.8. The van der Waals surface area contributed by atoms with E-state index in [-0.39, 0.29) is 23.8 Å². The van der Waals surface area contributed by atoms with E-state index >= 15 is 0 Å². The van der Waals surface area contributed by atoms with Crippen LogP contribution in [0.5, 0.6) is 0 Å². The van der Waals surface area contributed by atoms with Crippen LogP contribution in [0.2, 0.25) is 0 Å². The molecule has 2 nitrogen and oxygen atoms in total. The van der Waals surface area contributed by atoms with Gasteiger partial charge >= 0.3 is 18.9 Å². The fourth-order valence-corrected chi connectivity index (χ4v) is 2.31. The SMILES string of the molecule is O=S(=O)([C-]=Cc1ccccc1)c1ccccc1.[Li+]. The molecule has 0 saturated carbocycles. The van der Waals surface area contributed by atoms with Gasteiger partial charge in [0.2, 0.25) is 0 Å². The Morgan fingerprint density at radius 1 is 0.833 bits per heavy atom. The van der Waals surface area contributed by atoms with Gasteiger partial charge in [-0.25, -0.2) is 14.5 Å². The van der Waals surface area contributed by atoms with Gasteiger partial charge in [0.05, 0.1) is 4.90 Å². The summed E-state index contributed by atoms with van der Waals surface area (Å²) in [4.78, 5) is 0.257. The Bertz CT molecular complexity index is 605. The van der Waals surface area contributed by atoms with Gasteiger partial charge in [0.25, 0.3) is 0 Å². The molecular weight excluding hydrogens is 239 g/mol. The van der Waals surface area contributed by atoms with Crippen LogP contribution in [0.15, 0.2) is 65.6 Å². The number of sulfone groups is 1. The van der Waals surface area contributed by atoms with Crippen LogP contribution in [0.4, 0.5) is 0 Å². The molecule has 2 rings (SSSR count). The number of benzene rings is 2. The van der Waals surface area contributed by atoms with Crippen LogP contribution >= 0.6 is 0 Å². The Morgan fingerprint density at radius 3 is 1.89 bits per heavy atom. The fourth-order valence-electron chi connectivity index (χ4n) is 1.36. The Labute approximate surface area is 119 Å². The van der Waals surface area contributed by atoms with Crippen LogP contribution in [0, 0.1) is 5.41 Å². The summed E-state index contributed by atoms with van der Waals surface area (Å²) in [5, 5.41) is 2.44. The summed E-state index contributed by atoms with van der Waals surface area (Å²) < 4.78 is 23.7. The van der Waals surface area contributed by atoms with E-state index < -0.39 is 9.84 Å². The van der Waals surface area contributed by atoms with E-state index in [9.17, 15) is 8.42 Å². The summed E-state index contributed by atoms with van der Waals surface area (Å²) in [5.74, 6) is 0. The van der Waals surface area contributed by atoms with Gasteiger partial charge in [-0.15, -0.1) is 17.5 Å². The molecule has 0 heterocycles. The predicted octanol–water partition coefficient (Wildman–Crippen LogP) is -0.0616. The summed E-state index contributed by atoms with van der Waals surface area (Å²) in [6.07, 6.45) is 1.47. The van der Waals surface area contributed by atoms with E-state index in [0.717, 1.165) is 5.56 Å². The van der Waals surface area contributed by atoms with Gasteiger partial charge < -0.3 is 0 Å². The molecular formula is C14H11LiO2S. The molecule has 0 N–H and O–H groups in total. The van der Waals surface area contributed by atoms with Crippen molar-refractivity contribution in [1.82, 2.24) is 0 Å². The molecule has 0 spiro atoms. The summed E-state index contributed by atoms with van der Waals surface area (Å²) in [5.41, 5.74) is 0.812. The van der Waals surface area contributed by atoms with Gasteiger partial charge in [-0.05, 0) is 12.1 Å². The predicted molar refractivity (Wildman–Crippen MR) is 67.8 cm³/mol. The topological polar surface area (TPSA) is 34.1 Å². The van der Waals surface area contributed by atoms with Gasteiger partial charge in [0, 0.05) is 0 Å². The monoisotopic (exact) mass is 250 g/mol. The van der Waals surface area contributed by atoms with Crippen LogP contribution in [0.25, 0.3) is 6.08 Å². The molecule has 0 aliphatic rings. The van der Waals surface area contributed by atoms with Crippen molar-refractivity contribution in [2.24, 2.45) is 0 Å². The first-order chi connectivity index (χ1) is 8.18. The second-order valence-corrected chi connectivity index (χ2v) is 5.20.